The van der Waals surface area contributed by atoms with Gasteiger partial charge in [0.25, 0.3) is 0 Å². The number of rotatable bonds is 4. The molecule has 2 saturated heterocycles. The van der Waals surface area contributed by atoms with E-state index in [2.05, 4.69) is 0 Å². The molecule has 8 heteroatoms. The third-order valence-corrected chi connectivity index (χ3v) is 7.19. The summed E-state index contributed by atoms with van der Waals surface area (Å²) in [4.78, 5) is 44.0. The third-order valence-electron chi connectivity index (χ3n) is 7.19. The quantitative estimate of drug-likeness (QED) is 0.527. The van der Waals surface area contributed by atoms with Crippen LogP contribution in [0, 0.1) is 11.8 Å². The molecule has 4 heterocycles. The number of cyclic esters (lactones) is 1. The van der Waals surface area contributed by atoms with Gasteiger partial charge in [0.15, 0.2) is 0 Å². The van der Waals surface area contributed by atoms with Crippen LogP contribution in [0.3, 0.4) is 0 Å². The molecule has 0 aliphatic carbocycles. The molecular weight excluding hydrogens is 400 g/mol. The minimum absolute atomic E-state index is 0.0759. The van der Waals surface area contributed by atoms with Gasteiger partial charge in [0.05, 0.1) is 30.8 Å². The Bertz CT molecular complexity index is 834. The number of fused-ring (bicyclic) bond motifs is 2. The van der Waals surface area contributed by atoms with Crippen molar-refractivity contribution in [3.05, 3.63) is 24.3 Å². The second kappa shape index (κ2) is 7.74. The monoisotopic (exact) mass is 432 g/mol. The second-order valence-electron chi connectivity index (χ2n) is 9.33. The second-order valence-corrected chi connectivity index (χ2v) is 9.33. The maximum Gasteiger partial charge on any atom is 0.313 e. The van der Waals surface area contributed by atoms with Crippen LogP contribution in [0.1, 0.15) is 40.5 Å². The van der Waals surface area contributed by atoms with Gasteiger partial charge in [-0.25, -0.2) is 0 Å². The van der Waals surface area contributed by atoms with E-state index in [1.165, 1.54) is 4.90 Å². The van der Waals surface area contributed by atoms with Crippen molar-refractivity contribution in [1.29, 1.82) is 0 Å². The molecule has 4 aliphatic rings. The molecule has 0 radical (unpaired) electrons. The van der Waals surface area contributed by atoms with Crippen LogP contribution in [0.5, 0.6) is 0 Å². The molecule has 1 unspecified atom stereocenters. The predicted molar refractivity (Wildman–Crippen MR) is 112 cm³/mol. The number of esters is 1. The first-order chi connectivity index (χ1) is 14.7. The summed E-state index contributed by atoms with van der Waals surface area (Å²) < 4.78 is 12.1. The highest BCUT2D eigenvalue weighted by atomic mass is 16.6. The Hall–Kier alpha value is -2.19. The SMILES string of the molecule is CC[C@@H](CO)N1C(=O)[C@@H]2[C@@H]3C(=O)OCCC=C[C@]3(C)O[C@@]23C=CCN(C(C)C)C(=O)C13. The van der Waals surface area contributed by atoms with Crippen LogP contribution in [-0.2, 0) is 23.9 Å². The van der Waals surface area contributed by atoms with Gasteiger partial charge in [0.2, 0.25) is 11.8 Å². The van der Waals surface area contributed by atoms with E-state index in [1.807, 2.05) is 45.1 Å². The first-order valence-corrected chi connectivity index (χ1v) is 11.2. The number of carbonyl (C=O) groups excluding carboxylic acids is 3. The van der Waals surface area contributed by atoms with Crippen LogP contribution >= 0.6 is 0 Å². The Balaban J connectivity index is 1.92. The van der Waals surface area contributed by atoms with Crippen molar-refractivity contribution in [2.75, 3.05) is 19.8 Å². The first kappa shape index (κ1) is 22.0. The molecule has 170 valence electrons. The smallest absolute Gasteiger partial charge is 0.313 e. The molecular formula is C23H32N2O6. The number of carbonyl (C=O) groups is 3. The molecule has 1 spiro atoms. The zero-order valence-electron chi connectivity index (χ0n) is 18.6. The van der Waals surface area contributed by atoms with Gasteiger partial charge >= 0.3 is 5.97 Å². The number of amides is 2. The summed E-state index contributed by atoms with van der Waals surface area (Å²) in [7, 11) is 0. The zero-order valence-corrected chi connectivity index (χ0v) is 18.6. The van der Waals surface area contributed by atoms with E-state index in [9.17, 15) is 19.5 Å². The van der Waals surface area contributed by atoms with Crippen LogP contribution in [0.2, 0.25) is 0 Å². The maximum atomic E-state index is 13.9. The Kier molecular flexibility index (Phi) is 5.50. The summed E-state index contributed by atoms with van der Waals surface area (Å²) in [5.41, 5.74) is -2.37. The van der Waals surface area contributed by atoms with E-state index in [4.69, 9.17) is 9.47 Å². The molecule has 2 amide bonds. The molecule has 0 aromatic rings. The highest BCUT2D eigenvalue weighted by Gasteiger charge is 2.75. The van der Waals surface area contributed by atoms with Gasteiger partial charge in [-0.05, 0) is 33.6 Å². The summed E-state index contributed by atoms with van der Waals surface area (Å²) >= 11 is 0. The number of aliphatic hydroxyl groups is 1. The number of aliphatic hydroxyl groups excluding tert-OH is 1. The van der Waals surface area contributed by atoms with Gasteiger partial charge in [-0.1, -0.05) is 31.2 Å². The van der Waals surface area contributed by atoms with Crippen LogP contribution in [0.15, 0.2) is 24.3 Å². The van der Waals surface area contributed by atoms with Gasteiger partial charge < -0.3 is 24.4 Å². The highest BCUT2D eigenvalue weighted by molar-refractivity contribution is 5.99. The fraction of sp³-hybridized carbons (Fsp3) is 0.696. The predicted octanol–water partition coefficient (Wildman–Crippen LogP) is 1.04. The summed E-state index contributed by atoms with van der Waals surface area (Å²) in [5.74, 6) is -2.81. The molecule has 31 heavy (non-hydrogen) atoms. The molecule has 2 fully saturated rings. The highest BCUT2D eigenvalue weighted by Crippen LogP contribution is 2.57. The van der Waals surface area contributed by atoms with E-state index in [1.54, 1.807) is 11.8 Å². The van der Waals surface area contributed by atoms with Gasteiger partial charge in [0, 0.05) is 12.6 Å². The minimum Gasteiger partial charge on any atom is -0.465 e. The van der Waals surface area contributed by atoms with Crippen molar-refractivity contribution >= 4 is 17.8 Å². The van der Waals surface area contributed by atoms with E-state index < -0.39 is 41.1 Å². The Morgan fingerprint density at radius 3 is 2.55 bits per heavy atom. The fourth-order valence-corrected chi connectivity index (χ4v) is 5.72. The lowest BCUT2D eigenvalue weighted by molar-refractivity contribution is -0.162. The number of hydrogen-bond acceptors (Lipinski definition) is 6. The van der Waals surface area contributed by atoms with Gasteiger partial charge in [0.1, 0.15) is 17.6 Å². The first-order valence-electron chi connectivity index (χ1n) is 11.2. The van der Waals surface area contributed by atoms with Crippen molar-refractivity contribution in [2.24, 2.45) is 11.8 Å². The van der Waals surface area contributed by atoms with E-state index in [0.717, 1.165) is 0 Å². The number of nitrogens with zero attached hydrogens (tertiary/aromatic N) is 2. The number of ether oxygens (including phenoxy) is 2. The lowest BCUT2D eigenvalue weighted by Gasteiger charge is -2.40. The minimum atomic E-state index is -1.30. The normalized spacial score (nSPS) is 38.4. The molecule has 4 aliphatic heterocycles. The molecule has 0 aromatic heterocycles. The Morgan fingerprint density at radius 2 is 1.90 bits per heavy atom. The van der Waals surface area contributed by atoms with Crippen molar-refractivity contribution in [2.45, 2.75) is 69.9 Å². The van der Waals surface area contributed by atoms with Crippen molar-refractivity contribution in [3.8, 4) is 0 Å². The van der Waals surface area contributed by atoms with Crippen molar-refractivity contribution in [1.82, 2.24) is 9.80 Å². The molecule has 6 atom stereocenters. The molecule has 0 bridgehead atoms. The summed E-state index contributed by atoms with van der Waals surface area (Å²) in [6, 6.07) is -1.57. The molecule has 0 saturated carbocycles. The Labute approximate surface area is 182 Å². The largest absolute Gasteiger partial charge is 0.465 e. The fourth-order valence-electron chi connectivity index (χ4n) is 5.72. The molecule has 8 nitrogen and oxygen atoms in total. The van der Waals surface area contributed by atoms with E-state index in [0.29, 0.717) is 19.4 Å². The maximum absolute atomic E-state index is 13.9. The summed E-state index contributed by atoms with van der Waals surface area (Å²) in [5, 5.41) is 10.0. The van der Waals surface area contributed by atoms with Gasteiger partial charge in [-0.2, -0.15) is 0 Å². The topological polar surface area (TPSA) is 96.4 Å². The van der Waals surface area contributed by atoms with Gasteiger partial charge in [-0.3, -0.25) is 14.4 Å². The van der Waals surface area contributed by atoms with Crippen LogP contribution in [0.4, 0.5) is 0 Å². The lowest BCUT2D eigenvalue weighted by Crippen LogP contribution is -2.59. The molecule has 0 aromatic carbocycles. The van der Waals surface area contributed by atoms with Crippen LogP contribution in [-0.4, -0.2) is 81.8 Å². The third kappa shape index (κ3) is 3.06. The molecule has 1 N–H and O–H groups in total. The Morgan fingerprint density at radius 1 is 1.16 bits per heavy atom. The van der Waals surface area contributed by atoms with Gasteiger partial charge in [-0.15, -0.1) is 0 Å². The number of likely N-dealkylation sites (tertiary alicyclic amines) is 1. The molecule has 4 rings (SSSR count). The zero-order chi connectivity index (χ0) is 22.6. The lowest BCUT2D eigenvalue weighted by atomic mass is 9.74. The average molecular weight is 433 g/mol. The summed E-state index contributed by atoms with van der Waals surface area (Å²) in [6.07, 6.45) is 8.45. The number of hydrogen-bond donors (Lipinski definition) is 1. The summed E-state index contributed by atoms with van der Waals surface area (Å²) in [6.45, 7) is 7.87. The van der Waals surface area contributed by atoms with Crippen LogP contribution < -0.4 is 0 Å². The van der Waals surface area contributed by atoms with E-state index >= 15 is 0 Å². The van der Waals surface area contributed by atoms with Crippen molar-refractivity contribution in [3.63, 3.8) is 0 Å². The van der Waals surface area contributed by atoms with E-state index in [-0.39, 0.29) is 31.1 Å². The van der Waals surface area contributed by atoms with Crippen molar-refractivity contribution < 1.29 is 29.0 Å². The average Bonchev–Trinajstić information content (AvgIpc) is 3.03. The van der Waals surface area contributed by atoms with Crippen LogP contribution in [0.25, 0.3) is 0 Å². The standard InChI is InChI=1S/C23H32N2O6/c1-5-15(13-26)25-18-20(28)24(14(2)3)11-8-10-23(18)16(19(25)27)17-21(29)30-12-7-6-9-22(17,4)31-23/h6,8-10,14-18,26H,5,7,11-13H2,1-4H3/t15-,16-,17+,18?,22-,23-/m0/s1.